The Balaban J connectivity index is 1.48. The fraction of sp³-hybridized carbons (Fsp3) is 0.0800. The second-order valence-electron chi connectivity index (χ2n) is 8.06. The number of fused-ring (bicyclic) bond motifs is 2. The summed E-state index contributed by atoms with van der Waals surface area (Å²) in [6.45, 7) is 0. The van der Waals surface area contributed by atoms with Crippen LogP contribution in [-0.4, -0.2) is 49.2 Å². The van der Waals surface area contributed by atoms with Gasteiger partial charge in [0.2, 0.25) is 0 Å². The molecule has 0 aliphatic heterocycles. The smallest absolute Gasteiger partial charge is 0.181 e. The van der Waals surface area contributed by atoms with Gasteiger partial charge in [0, 0.05) is 67.0 Å². The predicted molar refractivity (Wildman–Crippen MR) is 130 cm³/mol. The van der Waals surface area contributed by atoms with E-state index >= 15 is 0 Å². The van der Waals surface area contributed by atoms with Gasteiger partial charge in [-0.05, 0) is 47.5 Å². The Kier molecular flexibility index (Phi) is 4.36. The topological polar surface area (TPSA) is 99.3 Å². The number of aromatic nitrogens is 7. The van der Waals surface area contributed by atoms with Crippen molar-refractivity contribution in [3.63, 3.8) is 0 Å². The molecule has 8 nitrogen and oxygen atoms in total. The van der Waals surface area contributed by atoms with Crippen molar-refractivity contribution in [3.05, 3.63) is 73.6 Å². The van der Waals surface area contributed by atoms with Gasteiger partial charge in [0.15, 0.2) is 5.65 Å². The second-order valence-corrected chi connectivity index (χ2v) is 8.06. The standard InChI is InChI=1S/C25H20N8/c1-33(2)18-9-16(12-27-14-18)17-10-21-23(31-32-25(21)29-13-17)22-11-20-19(5-8-28-24(20)30-22)15-3-6-26-7-4-15/h3-14H,1-2H3,(H,28,30)(H,29,31,32). The molecule has 0 atom stereocenters. The normalized spacial score (nSPS) is 11.3. The average molecular weight is 432 g/mol. The molecule has 0 aromatic carbocycles. The lowest BCUT2D eigenvalue weighted by atomic mass is 10.0. The minimum atomic E-state index is 0.659. The van der Waals surface area contributed by atoms with Gasteiger partial charge in [0.1, 0.15) is 5.65 Å². The lowest BCUT2D eigenvalue weighted by Gasteiger charge is -2.12. The molecule has 6 heterocycles. The number of anilines is 1. The third-order valence-corrected chi connectivity index (χ3v) is 5.78. The molecule has 6 aromatic rings. The highest BCUT2D eigenvalue weighted by molar-refractivity contribution is 5.99. The SMILES string of the molecule is CN(C)c1cncc(-c2cnc3n[nH]c(-c4cc5c(-c6ccncc6)ccnc5[nH]4)c3c2)c1. The number of hydrogen-bond acceptors (Lipinski definition) is 6. The first-order valence-electron chi connectivity index (χ1n) is 10.5. The van der Waals surface area contributed by atoms with Crippen LogP contribution in [0.15, 0.2) is 73.6 Å². The average Bonchev–Trinajstić information content (AvgIpc) is 3.48. The van der Waals surface area contributed by atoms with Crippen LogP contribution in [0.2, 0.25) is 0 Å². The van der Waals surface area contributed by atoms with E-state index in [4.69, 9.17) is 0 Å². The molecule has 0 amide bonds. The summed E-state index contributed by atoms with van der Waals surface area (Å²) in [6, 6.07) is 12.3. The zero-order valence-electron chi connectivity index (χ0n) is 18.1. The Bertz CT molecular complexity index is 1600. The second kappa shape index (κ2) is 7.52. The van der Waals surface area contributed by atoms with Crippen molar-refractivity contribution in [2.75, 3.05) is 19.0 Å². The van der Waals surface area contributed by atoms with E-state index in [1.807, 2.05) is 62.0 Å². The number of nitrogens with one attached hydrogen (secondary N) is 2. The number of pyridine rings is 4. The molecule has 8 heteroatoms. The van der Waals surface area contributed by atoms with Crippen LogP contribution < -0.4 is 4.90 Å². The summed E-state index contributed by atoms with van der Waals surface area (Å²) in [6.07, 6.45) is 10.9. The maximum atomic E-state index is 4.58. The third kappa shape index (κ3) is 3.28. The predicted octanol–water partition coefficient (Wildman–Crippen LogP) is 4.69. The lowest BCUT2D eigenvalue weighted by Crippen LogP contribution is -2.08. The van der Waals surface area contributed by atoms with Crippen LogP contribution in [0.4, 0.5) is 5.69 Å². The number of H-pyrrole nitrogens is 2. The first-order chi connectivity index (χ1) is 16.2. The molecule has 33 heavy (non-hydrogen) atoms. The molecule has 6 aromatic heterocycles. The monoisotopic (exact) mass is 432 g/mol. The van der Waals surface area contributed by atoms with Crippen LogP contribution in [0, 0.1) is 0 Å². The summed E-state index contributed by atoms with van der Waals surface area (Å²) >= 11 is 0. The largest absolute Gasteiger partial charge is 0.376 e. The van der Waals surface area contributed by atoms with E-state index in [9.17, 15) is 0 Å². The van der Waals surface area contributed by atoms with Crippen LogP contribution in [0.1, 0.15) is 0 Å². The minimum absolute atomic E-state index is 0.659. The van der Waals surface area contributed by atoms with Gasteiger partial charge in [-0.2, -0.15) is 5.10 Å². The Morgan fingerprint density at radius 2 is 1.61 bits per heavy atom. The lowest BCUT2D eigenvalue weighted by molar-refractivity contribution is 1.10. The van der Waals surface area contributed by atoms with Crippen molar-refractivity contribution in [1.29, 1.82) is 0 Å². The molecule has 6 rings (SSSR count). The summed E-state index contributed by atoms with van der Waals surface area (Å²) in [5, 5.41) is 9.54. The molecule has 0 fully saturated rings. The van der Waals surface area contributed by atoms with Crippen molar-refractivity contribution >= 4 is 27.8 Å². The highest BCUT2D eigenvalue weighted by Crippen LogP contribution is 2.34. The molecule has 0 saturated heterocycles. The van der Waals surface area contributed by atoms with Gasteiger partial charge < -0.3 is 9.88 Å². The molecule has 0 spiro atoms. The number of aromatic amines is 2. The van der Waals surface area contributed by atoms with Gasteiger partial charge in [0.25, 0.3) is 0 Å². The number of hydrogen-bond donors (Lipinski definition) is 2. The number of nitrogens with zero attached hydrogens (tertiary/aromatic N) is 6. The van der Waals surface area contributed by atoms with Gasteiger partial charge in [-0.25, -0.2) is 9.97 Å². The summed E-state index contributed by atoms with van der Waals surface area (Å²) < 4.78 is 0. The molecular formula is C25H20N8. The zero-order valence-corrected chi connectivity index (χ0v) is 18.1. The Morgan fingerprint density at radius 3 is 2.45 bits per heavy atom. The number of rotatable bonds is 4. The van der Waals surface area contributed by atoms with Gasteiger partial charge in [0.05, 0.1) is 23.3 Å². The van der Waals surface area contributed by atoms with E-state index in [1.165, 1.54) is 0 Å². The summed E-state index contributed by atoms with van der Waals surface area (Å²) in [5.74, 6) is 0. The fourth-order valence-corrected chi connectivity index (χ4v) is 4.04. The van der Waals surface area contributed by atoms with Crippen molar-refractivity contribution in [1.82, 2.24) is 35.1 Å². The van der Waals surface area contributed by atoms with Gasteiger partial charge in [-0.1, -0.05) is 0 Å². The molecule has 0 aliphatic rings. The molecule has 160 valence electrons. The van der Waals surface area contributed by atoms with Crippen molar-refractivity contribution in [3.8, 4) is 33.6 Å². The van der Waals surface area contributed by atoms with Crippen LogP contribution >= 0.6 is 0 Å². The Labute approximate surface area is 189 Å². The molecule has 0 unspecified atom stereocenters. The van der Waals surface area contributed by atoms with E-state index in [1.54, 1.807) is 12.4 Å². The maximum Gasteiger partial charge on any atom is 0.181 e. The Morgan fingerprint density at radius 1 is 0.758 bits per heavy atom. The molecule has 0 aliphatic carbocycles. The summed E-state index contributed by atoms with van der Waals surface area (Å²) in [4.78, 5) is 23.1. The van der Waals surface area contributed by atoms with E-state index in [0.717, 1.165) is 55.7 Å². The van der Waals surface area contributed by atoms with E-state index < -0.39 is 0 Å². The third-order valence-electron chi connectivity index (χ3n) is 5.78. The van der Waals surface area contributed by atoms with E-state index in [2.05, 4.69) is 53.3 Å². The highest BCUT2D eigenvalue weighted by atomic mass is 15.2. The summed E-state index contributed by atoms with van der Waals surface area (Å²) in [5.41, 5.74) is 8.45. The highest BCUT2D eigenvalue weighted by Gasteiger charge is 2.15. The minimum Gasteiger partial charge on any atom is -0.376 e. The maximum absolute atomic E-state index is 4.58. The molecule has 2 N–H and O–H groups in total. The van der Waals surface area contributed by atoms with Gasteiger partial charge >= 0.3 is 0 Å². The zero-order chi connectivity index (χ0) is 22.4. The van der Waals surface area contributed by atoms with Crippen LogP contribution in [0.5, 0.6) is 0 Å². The Hall–Kier alpha value is -4.59. The van der Waals surface area contributed by atoms with Crippen molar-refractivity contribution in [2.24, 2.45) is 0 Å². The van der Waals surface area contributed by atoms with Crippen molar-refractivity contribution < 1.29 is 0 Å². The molecule has 0 saturated carbocycles. The summed E-state index contributed by atoms with van der Waals surface area (Å²) in [7, 11) is 4.00. The molecule has 0 bridgehead atoms. The van der Waals surface area contributed by atoms with Crippen LogP contribution in [0.3, 0.4) is 0 Å². The first-order valence-corrected chi connectivity index (χ1v) is 10.5. The van der Waals surface area contributed by atoms with Gasteiger partial charge in [-0.15, -0.1) is 0 Å². The first kappa shape index (κ1) is 19.1. The molecular weight excluding hydrogens is 412 g/mol. The van der Waals surface area contributed by atoms with E-state index in [0.29, 0.717) is 5.65 Å². The van der Waals surface area contributed by atoms with Gasteiger partial charge in [-0.3, -0.25) is 15.1 Å². The van der Waals surface area contributed by atoms with Crippen LogP contribution in [0.25, 0.3) is 55.7 Å². The van der Waals surface area contributed by atoms with Crippen molar-refractivity contribution in [2.45, 2.75) is 0 Å². The quantitative estimate of drug-likeness (QED) is 0.419. The van der Waals surface area contributed by atoms with E-state index in [-0.39, 0.29) is 0 Å². The fourth-order valence-electron chi connectivity index (χ4n) is 4.04. The van der Waals surface area contributed by atoms with Crippen LogP contribution in [-0.2, 0) is 0 Å². The molecule has 0 radical (unpaired) electrons.